The van der Waals surface area contributed by atoms with Crippen LogP contribution in [0.5, 0.6) is 0 Å². The molecule has 0 bridgehead atoms. The summed E-state index contributed by atoms with van der Waals surface area (Å²) in [7, 11) is 0. The third-order valence-corrected chi connectivity index (χ3v) is 4.43. The van der Waals surface area contributed by atoms with Crippen molar-refractivity contribution in [2.75, 3.05) is 19.6 Å². The third-order valence-electron chi connectivity index (χ3n) is 4.43. The lowest BCUT2D eigenvalue weighted by atomic mass is 9.94. The van der Waals surface area contributed by atoms with E-state index in [-0.39, 0.29) is 17.5 Å². The molecule has 2 atom stereocenters. The molecule has 2 amide bonds. The molecule has 2 aliphatic heterocycles. The number of halogens is 2. The van der Waals surface area contributed by atoms with E-state index in [2.05, 4.69) is 15.5 Å². The number of carbonyl (C=O) groups is 2. The zero-order chi connectivity index (χ0) is 16.6. The van der Waals surface area contributed by atoms with Crippen LogP contribution in [0.4, 0.5) is 8.78 Å². The van der Waals surface area contributed by atoms with Crippen molar-refractivity contribution in [3.8, 4) is 0 Å². The summed E-state index contributed by atoms with van der Waals surface area (Å²) in [5, 5.41) is 9.21. The summed E-state index contributed by atoms with van der Waals surface area (Å²) in [6.07, 6.45) is 1.14. The molecule has 0 aromatic carbocycles. The number of carbonyl (C=O) groups excluding carboxylic acids is 2. The van der Waals surface area contributed by atoms with E-state index >= 15 is 0 Å². The highest BCUT2D eigenvalue weighted by Gasteiger charge is 2.44. The molecule has 3 heterocycles. The fraction of sp³-hybridized carbons (Fsp3) is 0.643. The maximum absolute atomic E-state index is 13.3. The van der Waals surface area contributed by atoms with Crippen LogP contribution >= 0.6 is 0 Å². The van der Waals surface area contributed by atoms with Crippen LogP contribution in [0.3, 0.4) is 0 Å². The predicted molar refractivity (Wildman–Crippen MR) is 77.0 cm³/mol. The van der Waals surface area contributed by atoms with E-state index in [1.54, 1.807) is 11.0 Å². The first-order valence-corrected chi connectivity index (χ1v) is 7.61. The van der Waals surface area contributed by atoms with Gasteiger partial charge in [0.2, 0.25) is 5.91 Å². The van der Waals surface area contributed by atoms with Crippen LogP contribution in [0.1, 0.15) is 41.4 Å². The number of nitrogens with zero attached hydrogens (tertiary/aromatic N) is 2. The Labute approximate surface area is 131 Å². The number of aromatic amines is 1. The van der Waals surface area contributed by atoms with Gasteiger partial charge in [-0.15, -0.1) is 0 Å². The Morgan fingerprint density at radius 3 is 2.83 bits per heavy atom. The fourth-order valence-electron chi connectivity index (χ4n) is 3.21. The molecular weight excluding hydrogens is 308 g/mol. The van der Waals surface area contributed by atoms with E-state index in [1.165, 1.54) is 0 Å². The van der Waals surface area contributed by atoms with E-state index < -0.39 is 30.8 Å². The molecule has 1 aromatic rings. The number of H-pyrrole nitrogens is 1. The van der Waals surface area contributed by atoms with Gasteiger partial charge in [-0.3, -0.25) is 20.0 Å². The highest BCUT2D eigenvalue weighted by molar-refractivity contribution is 5.90. The normalized spacial score (nSPS) is 27.1. The topological polar surface area (TPSA) is 104 Å². The number of piperidine rings is 1. The highest BCUT2D eigenvalue weighted by atomic mass is 19.3. The number of rotatable bonds is 3. The molecule has 1 aromatic heterocycles. The number of aromatic nitrogens is 2. The Kier molecular flexibility index (Phi) is 4.05. The molecule has 9 heteroatoms. The summed E-state index contributed by atoms with van der Waals surface area (Å²) in [6, 6.07) is 0.759. The minimum absolute atomic E-state index is 0.00443. The molecule has 0 spiro atoms. The average molecular weight is 327 g/mol. The first-order chi connectivity index (χ1) is 10.9. The highest BCUT2D eigenvalue weighted by Crippen LogP contribution is 2.29. The van der Waals surface area contributed by atoms with Gasteiger partial charge < -0.3 is 10.6 Å². The van der Waals surface area contributed by atoms with Gasteiger partial charge in [0.1, 0.15) is 5.69 Å². The number of primary amides is 1. The van der Waals surface area contributed by atoms with Crippen molar-refractivity contribution in [2.45, 2.75) is 37.1 Å². The Morgan fingerprint density at radius 1 is 1.43 bits per heavy atom. The van der Waals surface area contributed by atoms with Crippen LogP contribution < -0.4 is 11.1 Å². The smallest absolute Gasteiger partial charge is 0.269 e. The van der Waals surface area contributed by atoms with Crippen molar-refractivity contribution in [1.82, 2.24) is 20.4 Å². The summed E-state index contributed by atoms with van der Waals surface area (Å²) < 4.78 is 26.5. The molecule has 0 saturated carbocycles. The lowest BCUT2D eigenvalue weighted by Crippen LogP contribution is -2.47. The summed E-state index contributed by atoms with van der Waals surface area (Å²) in [4.78, 5) is 25.1. The lowest BCUT2D eigenvalue weighted by molar-refractivity contribution is -0.135. The summed E-state index contributed by atoms with van der Waals surface area (Å²) in [6.45, 7) is 0.516. The Morgan fingerprint density at radius 2 is 2.22 bits per heavy atom. The summed E-state index contributed by atoms with van der Waals surface area (Å²) in [5.41, 5.74) is 6.07. The van der Waals surface area contributed by atoms with Gasteiger partial charge in [-0.05, 0) is 18.9 Å². The SMILES string of the molecule is NC(=O)c1cc(C2CCCN(C(=O)C3CC(F)(F)CN3)C2)[nH]n1. The molecule has 2 fully saturated rings. The first kappa shape index (κ1) is 15.9. The molecule has 23 heavy (non-hydrogen) atoms. The van der Waals surface area contributed by atoms with Crippen molar-refractivity contribution in [3.05, 3.63) is 17.5 Å². The fourth-order valence-corrected chi connectivity index (χ4v) is 3.21. The zero-order valence-electron chi connectivity index (χ0n) is 12.5. The van der Waals surface area contributed by atoms with E-state index in [1.807, 2.05) is 0 Å². The van der Waals surface area contributed by atoms with Crippen molar-refractivity contribution in [1.29, 1.82) is 0 Å². The van der Waals surface area contributed by atoms with Crippen molar-refractivity contribution in [3.63, 3.8) is 0 Å². The molecule has 4 N–H and O–H groups in total. The van der Waals surface area contributed by atoms with Gasteiger partial charge in [-0.1, -0.05) is 0 Å². The minimum Gasteiger partial charge on any atom is -0.364 e. The van der Waals surface area contributed by atoms with Gasteiger partial charge in [-0.2, -0.15) is 5.10 Å². The summed E-state index contributed by atoms with van der Waals surface area (Å²) >= 11 is 0. The van der Waals surface area contributed by atoms with Crippen molar-refractivity contribution >= 4 is 11.8 Å². The molecule has 3 rings (SSSR count). The molecule has 2 saturated heterocycles. The number of nitrogens with one attached hydrogen (secondary N) is 2. The standard InChI is InChI=1S/C14H19F2N5O2/c15-14(16)5-11(18-7-14)13(23)21-3-1-2-8(6-21)9-4-10(12(17)22)20-19-9/h4,8,11,18H,1-3,5-7H2,(H2,17,22)(H,19,20). The Balaban J connectivity index is 1.66. The van der Waals surface area contributed by atoms with Crippen molar-refractivity contribution < 1.29 is 18.4 Å². The van der Waals surface area contributed by atoms with Gasteiger partial charge >= 0.3 is 0 Å². The van der Waals surface area contributed by atoms with Gasteiger partial charge in [0.25, 0.3) is 11.8 Å². The molecular formula is C14H19F2N5O2. The second-order valence-electron chi connectivity index (χ2n) is 6.19. The molecule has 2 aliphatic rings. The molecule has 2 unspecified atom stereocenters. The van der Waals surface area contributed by atoms with Crippen LogP contribution in [0.2, 0.25) is 0 Å². The van der Waals surface area contributed by atoms with Gasteiger partial charge in [0, 0.05) is 31.1 Å². The third kappa shape index (κ3) is 3.34. The van der Waals surface area contributed by atoms with E-state index in [4.69, 9.17) is 5.73 Å². The first-order valence-electron chi connectivity index (χ1n) is 7.61. The van der Waals surface area contributed by atoms with Gasteiger partial charge in [0.15, 0.2) is 0 Å². The number of hydrogen-bond acceptors (Lipinski definition) is 4. The van der Waals surface area contributed by atoms with E-state index in [0.29, 0.717) is 13.1 Å². The molecule has 0 radical (unpaired) electrons. The number of nitrogens with two attached hydrogens (primary N) is 1. The molecule has 126 valence electrons. The average Bonchev–Trinajstić information content (AvgIpc) is 3.13. The monoisotopic (exact) mass is 327 g/mol. The second-order valence-corrected chi connectivity index (χ2v) is 6.19. The Hall–Kier alpha value is -2.03. The number of amides is 2. The van der Waals surface area contributed by atoms with Crippen LogP contribution in [0.25, 0.3) is 0 Å². The molecule has 0 aliphatic carbocycles. The maximum atomic E-state index is 13.3. The van der Waals surface area contributed by atoms with E-state index in [0.717, 1.165) is 18.5 Å². The van der Waals surface area contributed by atoms with Gasteiger partial charge in [-0.25, -0.2) is 8.78 Å². The minimum atomic E-state index is -2.82. The Bertz CT molecular complexity index is 618. The van der Waals surface area contributed by atoms with Crippen molar-refractivity contribution in [2.24, 2.45) is 5.73 Å². The number of hydrogen-bond donors (Lipinski definition) is 3. The van der Waals surface area contributed by atoms with E-state index in [9.17, 15) is 18.4 Å². The zero-order valence-corrected chi connectivity index (χ0v) is 12.5. The largest absolute Gasteiger partial charge is 0.364 e. The van der Waals surface area contributed by atoms with Crippen LogP contribution in [0, 0.1) is 0 Å². The quantitative estimate of drug-likeness (QED) is 0.738. The van der Waals surface area contributed by atoms with Crippen LogP contribution in [-0.4, -0.2) is 58.5 Å². The number of alkyl halides is 2. The lowest BCUT2D eigenvalue weighted by Gasteiger charge is -2.33. The second kappa shape index (κ2) is 5.88. The summed E-state index contributed by atoms with van der Waals surface area (Å²) in [5.74, 6) is -3.74. The predicted octanol–water partition coefficient (Wildman–Crippen LogP) is 0.212. The van der Waals surface area contributed by atoms with Gasteiger partial charge in [0.05, 0.1) is 12.6 Å². The van der Waals surface area contributed by atoms with Crippen LogP contribution in [-0.2, 0) is 4.79 Å². The van der Waals surface area contributed by atoms with Crippen LogP contribution in [0.15, 0.2) is 6.07 Å². The maximum Gasteiger partial charge on any atom is 0.269 e. The number of likely N-dealkylation sites (tertiary alicyclic amines) is 1. The molecule has 7 nitrogen and oxygen atoms in total.